The minimum atomic E-state index is -0.332. The zero-order chi connectivity index (χ0) is 18.8. The van der Waals surface area contributed by atoms with Gasteiger partial charge in [0.25, 0.3) is 5.91 Å². The Hall–Kier alpha value is -3.09. The summed E-state index contributed by atoms with van der Waals surface area (Å²) in [7, 11) is 1.39. The largest absolute Gasteiger partial charge is 0.508 e. The van der Waals surface area contributed by atoms with Gasteiger partial charge in [0.2, 0.25) is 0 Å². The van der Waals surface area contributed by atoms with E-state index in [2.05, 4.69) is 5.48 Å². The zero-order valence-corrected chi connectivity index (χ0v) is 15.3. The molecule has 0 spiro atoms. The molecule has 3 aromatic rings. The SMILES string of the molecule is CONC(=O)c1ccc2c(c1)N=C(c1cccc(O)c1)c1ccccc1S2. The molecule has 0 aromatic heterocycles. The summed E-state index contributed by atoms with van der Waals surface area (Å²) in [6.07, 6.45) is 0. The Morgan fingerprint density at radius 3 is 2.70 bits per heavy atom. The predicted octanol–water partition coefficient (Wildman–Crippen LogP) is 4.32. The number of benzene rings is 3. The summed E-state index contributed by atoms with van der Waals surface area (Å²) >= 11 is 1.60. The first-order valence-electron chi connectivity index (χ1n) is 8.28. The van der Waals surface area contributed by atoms with Gasteiger partial charge in [-0.05, 0) is 36.4 Å². The van der Waals surface area contributed by atoms with Crippen LogP contribution in [0, 0.1) is 0 Å². The van der Waals surface area contributed by atoms with E-state index in [-0.39, 0.29) is 11.7 Å². The van der Waals surface area contributed by atoms with E-state index in [1.807, 2.05) is 36.4 Å². The lowest BCUT2D eigenvalue weighted by Gasteiger charge is -2.09. The van der Waals surface area contributed by atoms with Gasteiger partial charge in [0.05, 0.1) is 18.5 Å². The average Bonchev–Trinajstić information content (AvgIpc) is 2.84. The second-order valence-electron chi connectivity index (χ2n) is 5.93. The van der Waals surface area contributed by atoms with E-state index in [4.69, 9.17) is 9.83 Å². The molecule has 0 aliphatic carbocycles. The smallest absolute Gasteiger partial charge is 0.274 e. The van der Waals surface area contributed by atoms with Crippen molar-refractivity contribution in [2.45, 2.75) is 9.79 Å². The molecule has 1 amide bonds. The topological polar surface area (TPSA) is 70.9 Å². The first-order chi connectivity index (χ1) is 13.2. The number of amides is 1. The Kier molecular flexibility index (Phi) is 4.66. The van der Waals surface area contributed by atoms with Crippen molar-refractivity contribution in [1.29, 1.82) is 0 Å². The maximum Gasteiger partial charge on any atom is 0.274 e. The van der Waals surface area contributed by atoms with Crippen molar-refractivity contribution in [2.75, 3.05) is 7.11 Å². The van der Waals surface area contributed by atoms with Gasteiger partial charge < -0.3 is 5.11 Å². The summed E-state index contributed by atoms with van der Waals surface area (Å²) < 4.78 is 0. The molecule has 0 atom stereocenters. The Bertz CT molecular complexity index is 1060. The van der Waals surface area contributed by atoms with Crippen molar-refractivity contribution < 1.29 is 14.7 Å². The normalized spacial score (nSPS) is 12.4. The van der Waals surface area contributed by atoms with Crippen molar-refractivity contribution in [2.24, 2.45) is 4.99 Å². The van der Waals surface area contributed by atoms with Crippen LogP contribution in [0.5, 0.6) is 5.75 Å². The molecule has 0 unspecified atom stereocenters. The number of nitrogens with zero attached hydrogens (tertiary/aromatic N) is 1. The maximum atomic E-state index is 12.1. The third-order valence-electron chi connectivity index (χ3n) is 4.13. The first-order valence-corrected chi connectivity index (χ1v) is 9.10. The molecule has 0 radical (unpaired) electrons. The lowest BCUT2D eigenvalue weighted by atomic mass is 10.0. The van der Waals surface area contributed by atoms with Crippen LogP contribution in [0.2, 0.25) is 0 Å². The van der Waals surface area contributed by atoms with Gasteiger partial charge in [-0.3, -0.25) is 9.63 Å². The fourth-order valence-corrected chi connectivity index (χ4v) is 3.91. The molecule has 2 N–H and O–H groups in total. The summed E-state index contributed by atoms with van der Waals surface area (Å²) in [5.74, 6) is -0.154. The second-order valence-corrected chi connectivity index (χ2v) is 7.01. The number of fused-ring (bicyclic) bond motifs is 2. The molecule has 5 nitrogen and oxygen atoms in total. The minimum absolute atomic E-state index is 0.179. The summed E-state index contributed by atoms with van der Waals surface area (Å²) in [6, 6.07) is 20.4. The number of phenols is 1. The average molecular weight is 376 g/mol. The molecule has 4 rings (SSSR count). The number of phenolic OH excluding ortho intramolecular Hbond substituents is 1. The van der Waals surface area contributed by atoms with Gasteiger partial charge in [-0.15, -0.1) is 0 Å². The quantitative estimate of drug-likeness (QED) is 0.523. The van der Waals surface area contributed by atoms with Crippen LogP contribution < -0.4 is 5.48 Å². The van der Waals surface area contributed by atoms with Crippen molar-refractivity contribution in [1.82, 2.24) is 5.48 Å². The van der Waals surface area contributed by atoms with E-state index < -0.39 is 0 Å². The lowest BCUT2D eigenvalue weighted by molar-refractivity contribution is 0.0537. The van der Waals surface area contributed by atoms with Crippen LogP contribution in [0.25, 0.3) is 0 Å². The number of hydrogen-bond donors (Lipinski definition) is 2. The van der Waals surface area contributed by atoms with Gasteiger partial charge in [-0.1, -0.05) is 42.1 Å². The van der Waals surface area contributed by atoms with E-state index in [0.29, 0.717) is 11.3 Å². The van der Waals surface area contributed by atoms with Gasteiger partial charge in [-0.2, -0.15) is 0 Å². The molecule has 134 valence electrons. The number of nitrogens with one attached hydrogen (secondary N) is 1. The predicted molar refractivity (Wildman–Crippen MR) is 105 cm³/mol. The van der Waals surface area contributed by atoms with Crippen molar-refractivity contribution in [3.05, 3.63) is 83.4 Å². The van der Waals surface area contributed by atoms with Crippen LogP contribution in [0.4, 0.5) is 5.69 Å². The fraction of sp³-hybridized carbons (Fsp3) is 0.0476. The van der Waals surface area contributed by atoms with Gasteiger partial charge in [0, 0.05) is 26.5 Å². The molecule has 6 heteroatoms. The lowest BCUT2D eigenvalue weighted by Crippen LogP contribution is -2.21. The minimum Gasteiger partial charge on any atom is -0.508 e. The number of hydroxylamine groups is 1. The Balaban J connectivity index is 1.91. The second kappa shape index (κ2) is 7.26. The van der Waals surface area contributed by atoms with Crippen molar-refractivity contribution in [3.8, 4) is 5.75 Å². The van der Waals surface area contributed by atoms with E-state index in [9.17, 15) is 9.90 Å². The molecule has 1 aliphatic rings. The highest BCUT2D eigenvalue weighted by atomic mass is 32.2. The molecule has 3 aromatic carbocycles. The van der Waals surface area contributed by atoms with E-state index in [1.54, 1.807) is 42.1 Å². The third-order valence-corrected chi connectivity index (χ3v) is 5.27. The zero-order valence-electron chi connectivity index (χ0n) is 14.5. The monoisotopic (exact) mass is 376 g/mol. The number of aliphatic imine (C=N–C) groups is 1. The Labute approximate surface area is 160 Å². The van der Waals surface area contributed by atoms with Crippen LogP contribution in [-0.2, 0) is 4.84 Å². The fourth-order valence-electron chi connectivity index (χ4n) is 2.91. The third kappa shape index (κ3) is 3.45. The standard InChI is InChI=1S/C21H16N2O3S/c1-26-23-21(25)14-9-10-19-17(12-14)22-20(13-5-4-6-15(24)11-13)16-7-2-3-8-18(16)27-19/h2-12,24H,1H3,(H,23,25). The Morgan fingerprint density at radius 2 is 1.89 bits per heavy atom. The van der Waals surface area contributed by atoms with E-state index in [0.717, 1.165) is 26.6 Å². The molecular formula is C21H16N2O3S. The number of carbonyl (C=O) groups excluding carboxylic acids is 1. The molecule has 27 heavy (non-hydrogen) atoms. The number of rotatable bonds is 3. The maximum absolute atomic E-state index is 12.1. The van der Waals surface area contributed by atoms with Crippen molar-refractivity contribution in [3.63, 3.8) is 0 Å². The summed E-state index contributed by atoms with van der Waals surface area (Å²) in [6.45, 7) is 0. The molecule has 0 saturated carbocycles. The van der Waals surface area contributed by atoms with E-state index in [1.165, 1.54) is 7.11 Å². The first kappa shape index (κ1) is 17.3. The summed E-state index contributed by atoms with van der Waals surface area (Å²) in [4.78, 5) is 23.7. The highest BCUT2D eigenvalue weighted by Gasteiger charge is 2.20. The molecule has 0 fully saturated rings. The van der Waals surface area contributed by atoms with E-state index >= 15 is 0 Å². The van der Waals surface area contributed by atoms with Gasteiger partial charge in [-0.25, -0.2) is 10.5 Å². The van der Waals surface area contributed by atoms with Gasteiger partial charge in [0.15, 0.2) is 0 Å². The molecule has 0 saturated heterocycles. The highest BCUT2D eigenvalue weighted by molar-refractivity contribution is 7.99. The molecule has 1 aliphatic heterocycles. The number of hydrogen-bond acceptors (Lipinski definition) is 5. The van der Waals surface area contributed by atoms with Crippen LogP contribution in [0.15, 0.2) is 81.5 Å². The van der Waals surface area contributed by atoms with Gasteiger partial charge >= 0.3 is 0 Å². The molecule has 1 heterocycles. The van der Waals surface area contributed by atoms with Gasteiger partial charge in [0.1, 0.15) is 5.75 Å². The number of aromatic hydroxyl groups is 1. The summed E-state index contributed by atoms with van der Waals surface area (Å²) in [5.41, 5.74) is 6.01. The van der Waals surface area contributed by atoms with Crippen LogP contribution in [0.1, 0.15) is 21.5 Å². The summed E-state index contributed by atoms with van der Waals surface area (Å²) in [5, 5.41) is 9.91. The molecular weight excluding hydrogens is 360 g/mol. The number of carbonyl (C=O) groups is 1. The van der Waals surface area contributed by atoms with Crippen LogP contribution in [0.3, 0.4) is 0 Å². The van der Waals surface area contributed by atoms with Crippen molar-refractivity contribution >= 4 is 29.1 Å². The highest BCUT2D eigenvalue weighted by Crippen LogP contribution is 2.41. The van der Waals surface area contributed by atoms with Crippen LogP contribution in [-0.4, -0.2) is 23.8 Å². The Morgan fingerprint density at radius 1 is 1.04 bits per heavy atom. The van der Waals surface area contributed by atoms with Crippen LogP contribution >= 0.6 is 11.8 Å². The molecule has 0 bridgehead atoms.